The smallest absolute Gasteiger partial charge is 0.303 e. The summed E-state index contributed by atoms with van der Waals surface area (Å²) < 4.78 is 0. The molecule has 2 aliphatic rings. The van der Waals surface area contributed by atoms with E-state index in [0.717, 1.165) is 51.4 Å². The quantitative estimate of drug-likeness (QED) is 0.275. The van der Waals surface area contributed by atoms with E-state index in [1.807, 2.05) is 48.5 Å². The zero-order chi connectivity index (χ0) is 28.5. The van der Waals surface area contributed by atoms with Crippen LogP contribution in [0.3, 0.4) is 0 Å². The highest BCUT2D eigenvalue weighted by atomic mass is 16.4. The lowest BCUT2D eigenvalue weighted by Gasteiger charge is -2.28. The largest absolute Gasteiger partial charge is 0.481 e. The van der Waals surface area contributed by atoms with E-state index in [4.69, 9.17) is 10.2 Å². The number of amides is 2. The molecule has 4 N–H and O–H groups in total. The minimum atomic E-state index is -0.726. The van der Waals surface area contributed by atoms with Crippen LogP contribution in [0, 0.1) is 11.8 Å². The minimum absolute atomic E-state index is 0.165. The van der Waals surface area contributed by atoms with Crippen LogP contribution in [0.25, 0.3) is 0 Å². The number of carbonyl (C=O) groups is 4. The molecule has 2 fully saturated rings. The van der Waals surface area contributed by atoms with Gasteiger partial charge in [0.2, 0.25) is 5.91 Å². The molecule has 0 aromatic heterocycles. The van der Waals surface area contributed by atoms with Crippen molar-refractivity contribution in [3.8, 4) is 0 Å². The standard InChI is InChI=1S/C32H40N2O6/c35-29(34-28-15-13-26(14-16-28)24-7-3-22(4-8-24)20-31(38)39)17-18-33-32(40)27-11-9-25(10-12-27)23-5-1-21(2-6-23)19-30(36)37/h9-16,21-24H,1-8,17-20H2,(H,33,40)(H,34,35)(H,36,37)(H,38,39). The number of aliphatic carboxylic acids is 2. The molecule has 2 saturated carbocycles. The van der Waals surface area contributed by atoms with Gasteiger partial charge >= 0.3 is 11.9 Å². The maximum atomic E-state index is 12.6. The van der Waals surface area contributed by atoms with Crippen molar-refractivity contribution in [2.45, 2.75) is 82.5 Å². The molecule has 0 atom stereocenters. The van der Waals surface area contributed by atoms with Gasteiger partial charge in [0.05, 0.1) is 0 Å². The van der Waals surface area contributed by atoms with E-state index in [1.54, 1.807) is 0 Å². The topological polar surface area (TPSA) is 133 Å². The number of carboxylic acid groups (broad SMARTS) is 2. The Morgan fingerprint density at radius 3 is 1.55 bits per heavy atom. The average molecular weight is 549 g/mol. The number of hydrogen-bond acceptors (Lipinski definition) is 4. The zero-order valence-corrected chi connectivity index (χ0v) is 22.9. The van der Waals surface area contributed by atoms with E-state index in [0.29, 0.717) is 23.1 Å². The predicted molar refractivity (Wildman–Crippen MR) is 152 cm³/mol. The van der Waals surface area contributed by atoms with Crippen LogP contribution in [0.2, 0.25) is 0 Å². The Kier molecular flexibility index (Phi) is 10.3. The molecular weight excluding hydrogens is 508 g/mol. The van der Waals surface area contributed by atoms with Gasteiger partial charge in [-0.3, -0.25) is 19.2 Å². The zero-order valence-electron chi connectivity index (χ0n) is 22.9. The van der Waals surface area contributed by atoms with Crippen molar-refractivity contribution >= 4 is 29.4 Å². The summed E-state index contributed by atoms with van der Waals surface area (Å²) in [5.74, 6) is -0.465. The summed E-state index contributed by atoms with van der Waals surface area (Å²) in [4.78, 5) is 46.8. The lowest BCUT2D eigenvalue weighted by Crippen LogP contribution is -2.27. The van der Waals surface area contributed by atoms with E-state index in [1.165, 1.54) is 11.1 Å². The van der Waals surface area contributed by atoms with Crippen molar-refractivity contribution < 1.29 is 29.4 Å². The van der Waals surface area contributed by atoms with Gasteiger partial charge in [0.1, 0.15) is 0 Å². The molecule has 214 valence electrons. The molecule has 0 spiro atoms. The van der Waals surface area contributed by atoms with Crippen molar-refractivity contribution in [2.75, 3.05) is 11.9 Å². The average Bonchev–Trinajstić information content (AvgIpc) is 2.94. The Bertz CT molecular complexity index is 1160. The second-order valence-corrected chi connectivity index (χ2v) is 11.4. The molecule has 2 aromatic rings. The number of nitrogens with one attached hydrogen (secondary N) is 2. The molecule has 0 bridgehead atoms. The summed E-state index contributed by atoms with van der Waals surface area (Å²) in [6.07, 6.45) is 8.28. The van der Waals surface area contributed by atoms with Gasteiger partial charge in [-0.2, -0.15) is 0 Å². The molecule has 0 radical (unpaired) electrons. The van der Waals surface area contributed by atoms with Gasteiger partial charge in [0, 0.05) is 37.1 Å². The second-order valence-electron chi connectivity index (χ2n) is 11.4. The first kappa shape index (κ1) is 29.3. The first-order valence-corrected chi connectivity index (χ1v) is 14.5. The summed E-state index contributed by atoms with van der Waals surface area (Å²) in [7, 11) is 0. The summed E-state index contributed by atoms with van der Waals surface area (Å²) in [5, 5.41) is 23.7. The molecule has 0 aliphatic heterocycles. The van der Waals surface area contributed by atoms with E-state index in [9.17, 15) is 19.2 Å². The Morgan fingerprint density at radius 2 is 1.10 bits per heavy atom. The van der Waals surface area contributed by atoms with Crippen molar-refractivity contribution in [3.05, 3.63) is 65.2 Å². The Morgan fingerprint density at radius 1 is 0.650 bits per heavy atom. The molecule has 0 saturated heterocycles. The van der Waals surface area contributed by atoms with E-state index < -0.39 is 11.9 Å². The van der Waals surface area contributed by atoms with Crippen LogP contribution in [0.1, 0.15) is 104 Å². The van der Waals surface area contributed by atoms with Crippen molar-refractivity contribution in [1.29, 1.82) is 0 Å². The second kappa shape index (κ2) is 14.1. The predicted octanol–water partition coefficient (Wildman–Crippen LogP) is 5.94. The van der Waals surface area contributed by atoms with Crippen LogP contribution in [0.5, 0.6) is 0 Å². The van der Waals surface area contributed by atoms with Gasteiger partial charge in [-0.15, -0.1) is 0 Å². The molecule has 2 aromatic carbocycles. The molecule has 4 rings (SSSR count). The fourth-order valence-electron chi connectivity index (χ4n) is 6.25. The van der Waals surface area contributed by atoms with Crippen LogP contribution < -0.4 is 10.6 Å². The molecule has 8 nitrogen and oxygen atoms in total. The van der Waals surface area contributed by atoms with Crippen LogP contribution in [-0.4, -0.2) is 40.5 Å². The first-order valence-electron chi connectivity index (χ1n) is 14.5. The van der Waals surface area contributed by atoms with Crippen molar-refractivity contribution in [1.82, 2.24) is 5.32 Å². The first-order chi connectivity index (χ1) is 19.3. The number of benzene rings is 2. The van der Waals surface area contributed by atoms with E-state index in [-0.39, 0.29) is 49.5 Å². The van der Waals surface area contributed by atoms with Crippen LogP contribution in [0.15, 0.2) is 48.5 Å². The fraction of sp³-hybridized carbons (Fsp3) is 0.500. The summed E-state index contributed by atoms with van der Waals surface area (Å²) >= 11 is 0. The van der Waals surface area contributed by atoms with E-state index in [2.05, 4.69) is 10.6 Å². The van der Waals surface area contributed by atoms with Gasteiger partial charge in [-0.1, -0.05) is 24.3 Å². The fourth-order valence-corrected chi connectivity index (χ4v) is 6.25. The number of carboxylic acids is 2. The number of hydrogen-bond donors (Lipinski definition) is 4. The SMILES string of the molecule is O=C(O)CC1CCC(c2ccc(NC(=O)CCNC(=O)c3ccc(C4CCC(CC(=O)O)CC4)cc3)cc2)CC1. The summed E-state index contributed by atoms with van der Waals surface area (Å²) in [5.41, 5.74) is 3.67. The van der Waals surface area contributed by atoms with Crippen molar-refractivity contribution in [2.24, 2.45) is 11.8 Å². The number of anilines is 1. The van der Waals surface area contributed by atoms with Gasteiger partial charge in [-0.05, 0) is 110 Å². The Balaban J connectivity index is 1.15. The van der Waals surface area contributed by atoms with Crippen LogP contribution >= 0.6 is 0 Å². The molecule has 0 heterocycles. The number of rotatable bonds is 11. The number of carbonyl (C=O) groups excluding carboxylic acids is 2. The Labute approximate surface area is 235 Å². The highest BCUT2D eigenvalue weighted by Gasteiger charge is 2.25. The van der Waals surface area contributed by atoms with Crippen LogP contribution in [0.4, 0.5) is 5.69 Å². The summed E-state index contributed by atoms with van der Waals surface area (Å²) in [6.45, 7) is 0.234. The van der Waals surface area contributed by atoms with Crippen molar-refractivity contribution in [3.63, 3.8) is 0 Å². The molecule has 40 heavy (non-hydrogen) atoms. The third-order valence-electron chi connectivity index (χ3n) is 8.57. The maximum absolute atomic E-state index is 12.6. The lowest BCUT2D eigenvalue weighted by atomic mass is 9.77. The molecule has 8 heteroatoms. The van der Waals surface area contributed by atoms with Crippen LogP contribution in [-0.2, 0) is 14.4 Å². The normalized spacial score (nSPS) is 22.7. The lowest BCUT2D eigenvalue weighted by molar-refractivity contribution is -0.139. The maximum Gasteiger partial charge on any atom is 0.303 e. The summed E-state index contributed by atoms with van der Waals surface area (Å²) in [6, 6.07) is 15.5. The molecular formula is C32H40N2O6. The minimum Gasteiger partial charge on any atom is -0.481 e. The highest BCUT2D eigenvalue weighted by Crippen LogP contribution is 2.38. The third kappa shape index (κ3) is 8.66. The van der Waals surface area contributed by atoms with E-state index >= 15 is 0 Å². The van der Waals surface area contributed by atoms with Gasteiger partial charge < -0.3 is 20.8 Å². The monoisotopic (exact) mass is 548 g/mol. The molecule has 2 amide bonds. The highest BCUT2D eigenvalue weighted by molar-refractivity contribution is 5.95. The molecule has 0 unspecified atom stereocenters. The van der Waals surface area contributed by atoms with Gasteiger partial charge in [0.25, 0.3) is 5.91 Å². The molecule has 2 aliphatic carbocycles. The third-order valence-corrected chi connectivity index (χ3v) is 8.57. The van der Waals surface area contributed by atoms with Gasteiger partial charge in [-0.25, -0.2) is 0 Å². The Hall–Kier alpha value is -3.68. The van der Waals surface area contributed by atoms with Gasteiger partial charge in [0.15, 0.2) is 0 Å².